The monoisotopic (exact) mass is 434 g/mol. The average Bonchev–Trinajstić information content (AvgIpc) is 2.71. The van der Waals surface area contributed by atoms with Crippen LogP contribution in [0.15, 0.2) is 36.4 Å². The van der Waals surface area contributed by atoms with E-state index < -0.39 is 0 Å². The van der Waals surface area contributed by atoms with Gasteiger partial charge in [0.1, 0.15) is 5.75 Å². The molecule has 7 heteroatoms. The van der Waals surface area contributed by atoms with E-state index in [-0.39, 0.29) is 24.5 Å². The summed E-state index contributed by atoms with van der Waals surface area (Å²) >= 11 is 12.0. The fourth-order valence-corrected chi connectivity index (χ4v) is 3.60. The molecule has 2 amide bonds. The van der Waals surface area contributed by atoms with Crippen molar-refractivity contribution < 1.29 is 14.3 Å². The van der Waals surface area contributed by atoms with Crippen LogP contribution >= 0.6 is 23.2 Å². The molecule has 0 spiro atoms. The van der Waals surface area contributed by atoms with E-state index in [0.29, 0.717) is 47.3 Å². The largest absolute Gasteiger partial charge is 0.484 e. The van der Waals surface area contributed by atoms with Gasteiger partial charge in [-0.25, -0.2) is 0 Å². The highest BCUT2D eigenvalue weighted by Crippen LogP contribution is 2.26. The van der Waals surface area contributed by atoms with Crippen LogP contribution < -0.4 is 10.1 Å². The van der Waals surface area contributed by atoms with Crippen molar-refractivity contribution in [3.63, 3.8) is 0 Å². The maximum atomic E-state index is 12.5. The molecule has 0 atom stereocenters. The van der Waals surface area contributed by atoms with E-state index in [9.17, 15) is 9.59 Å². The molecule has 2 aromatic carbocycles. The molecule has 1 saturated heterocycles. The van der Waals surface area contributed by atoms with Gasteiger partial charge < -0.3 is 15.0 Å². The van der Waals surface area contributed by atoms with Crippen molar-refractivity contribution in [2.24, 2.45) is 0 Å². The maximum Gasteiger partial charge on any atom is 0.260 e. The second-order valence-electron chi connectivity index (χ2n) is 7.30. The quantitative estimate of drug-likeness (QED) is 0.757. The molecule has 1 N–H and O–H groups in total. The third kappa shape index (κ3) is 5.64. The molecule has 0 saturated carbocycles. The second-order valence-corrected chi connectivity index (χ2v) is 8.11. The second kappa shape index (κ2) is 9.51. The summed E-state index contributed by atoms with van der Waals surface area (Å²) in [4.78, 5) is 26.6. The van der Waals surface area contributed by atoms with Gasteiger partial charge in [0.15, 0.2) is 6.61 Å². The third-order valence-corrected chi connectivity index (χ3v) is 5.91. The summed E-state index contributed by atoms with van der Waals surface area (Å²) in [6, 6.07) is 10.5. The molecule has 29 heavy (non-hydrogen) atoms. The number of amides is 2. The predicted molar refractivity (Wildman–Crippen MR) is 115 cm³/mol. The molecule has 0 aliphatic carbocycles. The normalized spacial score (nSPS) is 14.6. The molecule has 5 nitrogen and oxygen atoms in total. The molecule has 1 aliphatic rings. The number of hydrogen-bond donors (Lipinski definition) is 1. The van der Waals surface area contributed by atoms with E-state index in [4.69, 9.17) is 27.9 Å². The van der Waals surface area contributed by atoms with Crippen LogP contribution in [0.25, 0.3) is 0 Å². The Morgan fingerprint density at radius 3 is 2.24 bits per heavy atom. The molecule has 0 bridgehead atoms. The van der Waals surface area contributed by atoms with Gasteiger partial charge >= 0.3 is 0 Å². The van der Waals surface area contributed by atoms with Crippen molar-refractivity contribution in [1.29, 1.82) is 0 Å². The van der Waals surface area contributed by atoms with E-state index in [1.807, 2.05) is 26.0 Å². The summed E-state index contributed by atoms with van der Waals surface area (Å²) in [5.74, 6) is 0.462. The Morgan fingerprint density at radius 2 is 1.66 bits per heavy atom. The summed E-state index contributed by atoms with van der Waals surface area (Å²) < 4.78 is 5.67. The van der Waals surface area contributed by atoms with Crippen LogP contribution in [0.4, 0.5) is 0 Å². The topological polar surface area (TPSA) is 58.6 Å². The maximum absolute atomic E-state index is 12.5. The first-order valence-electron chi connectivity index (χ1n) is 9.57. The lowest BCUT2D eigenvalue weighted by Crippen LogP contribution is -2.47. The number of hydrogen-bond acceptors (Lipinski definition) is 3. The zero-order valence-electron chi connectivity index (χ0n) is 16.5. The SMILES string of the molecule is Cc1cc(OCC(=O)N2CCC(NC(=O)c3ccc(Cl)cc3)CC2)cc(C)c1Cl. The van der Waals surface area contributed by atoms with Gasteiger partial charge in [0.2, 0.25) is 0 Å². The number of aryl methyl sites for hydroxylation is 2. The lowest BCUT2D eigenvalue weighted by Gasteiger charge is -2.32. The average molecular weight is 435 g/mol. The van der Waals surface area contributed by atoms with Gasteiger partial charge in [-0.05, 0) is 74.2 Å². The summed E-state index contributed by atoms with van der Waals surface area (Å²) in [6.45, 7) is 4.99. The minimum absolute atomic E-state index is 0.0116. The van der Waals surface area contributed by atoms with E-state index in [0.717, 1.165) is 11.1 Å². The lowest BCUT2D eigenvalue weighted by molar-refractivity contribution is -0.134. The first kappa shape index (κ1) is 21.5. The zero-order chi connectivity index (χ0) is 21.0. The Kier molecular flexibility index (Phi) is 7.04. The fraction of sp³-hybridized carbons (Fsp3) is 0.364. The first-order valence-corrected chi connectivity index (χ1v) is 10.3. The number of carbonyl (C=O) groups is 2. The van der Waals surface area contributed by atoms with Crippen molar-refractivity contribution in [1.82, 2.24) is 10.2 Å². The van der Waals surface area contributed by atoms with E-state index in [2.05, 4.69) is 5.32 Å². The molecule has 0 unspecified atom stereocenters. The van der Waals surface area contributed by atoms with Gasteiger partial charge in [-0.1, -0.05) is 23.2 Å². The number of ether oxygens (including phenoxy) is 1. The highest BCUT2D eigenvalue weighted by atomic mass is 35.5. The Balaban J connectivity index is 1.45. The summed E-state index contributed by atoms with van der Waals surface area (Å²) in [5, 5.41) is 4.34. The lowest BCUT2D eigenvalue weighted by atomic mass is 10.0. The molecule has 0 radical (unpaired) electrons. The van der Waals surface area contributed by atoms with Gasteiger partial charge in [0.05, 0.1) is 0 Å². The van der Waals surface area contributed by atoms with Crippen molar-refractivity contribution in [3.05, 3.63) is 63.1 Å². The number of likely N-dealkylation sites (tertiary alicyclic amines) is 1. The molecular formula is C22H24Cl2N2O3. The molecule has 1 heterocycles. The summed E-state index contributed by atoms with van der Waals surface area (Å²) in [6.07, 6.45) is 1.43. The summed E-state index contributed by atoms with van der Waals surface area (Å²) in [5.41, 5.74) is 2.42. The smallest absolute Gasteiger partial charge is 0.260 e. The Bertz CT molecular complexity index is 868. The Morgan fingerprint density at radius 1 is 1.07 bits per heavy atom. The van der Waals surface area contributed by atoms with E-state index in [1.54, 1.807) is 29.2 Å². The number of halogens is 2. The van der Waals surface area contributed by atoms with Crippen LogP contribution in [-0.4, -0.2) is 42.5 Å². The number of benzene rings is 2. The predicted octanol–water partition coefficient (Wildman–Crippen LogP) is 4.41. The van der Waals surface area contributed by atoms with Crippen LogP contribution in [0, 0.1) is 13.8 Å². The van der Waals surface area contributed by atoms with Crippen molar-refractivity contribution in [2.75, 3.05) is 19.7 Å². The number of carbonyl (C=O) groups excluding carboxylic acids is 2. The Labute approximate surface area is 180 Å². The van der Waals surface area contributed by atoms with Crippen LogP contribution in [0.1, 0.15) is 34.3 Å². The van der Waals surface area contributed by atoms with Crippen LogP contribution in [0.5, 0.6) is 5.75 Å². The molecule has 1 aliphatic heterocycles. The third-order valence-electron chi connectivity index (χ3n) is 5.06. The zero-order valence-corrected chi connectivity index (χ0v) is 18.0. The van der Waals surface area contributed by atoms with Gasteiger partial charge in [-0.3, -0.25) is 9.59 Å². The van der Waals surface area contributed by atoms with Gasteiger partial charge in [-0.15, -0.1) is 0 Å². The number of rotatable bonds is 5. The van der Waals surface area contributed by atoms with E-state index in [1.165, 1.54) is 0 Å². The minimum atomic E-state index is -0.122. The summed E-state index contributed by atoms with van der Waals surface area (Å²) in [7, 11) is 0. The van der Waals surface area contributed by atoms with Crippen molar-refractivity contribution in [2.45, 2.75) is 32.7 Å². The van der Waals surface area contributed by atoms with E-state index >= 15 is 0 Å². The van der Waals surface area contributed by atoms with Gasteiger partial charge in [-0.2, -0.15) is 0 Å². The fourth-order valence-electron chi connectivity index (χ4n) is 3.37. The molecule has 3 rings (SSSR count). The van der Waals surface area contributed by atoms with Crippen LogP contribution in [0.2, 0.25) is 10.0 Å². The highest BCUT2D eigenvalue weighted by Gasteiger charge is 2.24. The molecular weight excluding hydrogens is 411 g/mol. The van der Waals surface area contributed by atoms with Crippen LogP contribution in [-0.2, 0) is 4.79 Å². The van der Waals surface area contributed by atoms with Gasteiger partial charge in [0, 0.05) is 34.7 Å². The number of nitrogens with zero attached hydrogens (tertiary/aromatic N) is 1. The first-order chi connectivity index (χ1) is 13.8. The molecule has 154 valence electrons. The standard InChI is InChI=1S/C22H24Cl2N2O3/c1-14-11-19(12-15(2)21(14)24)29-13-20(27)26-9-7-18(8-10-26)25-22(28)16-3-5-17(23)6-4-16/h3-6,11-12,18H,7-10,13H2,1-2H3,(H,25,28). The van der Waals surface area contributed by atoms with Gasteiger partial charge in [0.25, 0.3) is 11.8 Å². The molecule has 2 aromatic rings. The molecule has 0 aromatic heterocycles. The minimum Gasteiger partial charge on any atom is -0.484 e. The van der Waals surface area contributed by atoms with Crippen molar-refractivity contribution in [3.8, 4) is 5.75 Å². The number of piperidine rings is 1. The number of nitrogens with one attached hydrogen (secondary N) is 1. The molecule has 1 fully saturated rings. The van der Waals surface area contributed by atoms with Crippen molar-refractivity contribution >= 4 is 35.0 Å². The highest BCUT2D eigenvalue weighted by molar-refractivity contribution is 6.32. The van der Waals surface area contributed by atoms with Crippen LogP contribution in [0.3, 0.4) is 0 Å². The Hall–Kier alpha value is -2.24.